The Kier molecular flexibility index (Phi) is 5.09. The molecule has 112 valence electrons. The van der Waals surface area contributed by atoms with Gasteiger partial charge in [0.2, 0.25) is 0 Å². The summed E-state index contributed by atoms with van der Waals surface area (Å²) in [5.74, 6) is 1.82. The molecule has 1 aromatic rings. The lowest BCUT2D eigenvalue weighted by Crippen LogP contribution is -2.35. The van der Waals surface area contributed by atoms with Crippen LogP contribution >= 0.6 is 0 Å². The highest BCUT2D eigenvalue weighted by Gasteiger charge is 2.17. The van der Waals surface area contributed by atoms with E-state index in [1.54, 1.807) is 0 Å². The van der Waals surface area contributed by atoms with E-state index in [2.05, 4.69) is 51.2 Å². The molecule has 0 aliphatic heterocycles. The van der Waals surface area contributed by atoms with Gasteiger partial charge in [0.1, 0.15) is 5.75 Å². The van der Waals surface area contributed by atoms with Crippen LogP contribution in [-0.4, -0.2) is 12.1 Å². The average molecular weight is 275 g/mol. The van der Waals surface area contributed by atoms with Crippen LogP contribution in [0.5, 0.6) is 5.75 Å². The fourth-order valence-electron chi connectivity index (χ4n) is 2.73. The van der Waals surface area contributed by atoms with Crippen molar-refractivity contribution in [1.29, 1.82) is 0 Å². The van der Waals surface area contributed by atoms with Gasteiger partial charge in [0.05, 0.1) is 6.61 Å². The maximum absolute atomic E-state index is 6.10. The Labute approximate surface area is 123 Å². The van der Waals surface area contributed by atoms with E-state index < -0.39 is 0 Å². The molecule has 1 aliphatic carbocycles. The van der Waals surface area contributed by atoms with Crippen molar-refractivity contribution in [2.24, 2.45) is 5.92 Å². The third-order valence-corrected chi connectivity index (χ3v) is 3.97. The molecule has 1 N–H and O–H groups in total. The lowest BCUT2D eigenvalue weighted by molar-refractivity contribution is 0.248. The topological polar surface area (TPSA) is 21.3 Å². The van der Waals surface area contributed by atoms with Crippen LogP contribution in [0.4, 0.5) is 0 Å². The Bertz CT molecular complexity index is 428. The van der Waals surface area contributed by atoms with Gasteiger partial charge in [0.25, 0.3) is 0 Å². The second kappa shape index (κ2) is 6.62. The molecule has 0 aromatic heterocycles. The molecule has 1 aromatic carbocycles. The summed E-state index contributed by atoms with van der Waals surface area (Å²) >= 11 is 0. The fraction of sp³-hybridized carbons (Fsp3) is 0.667. The van der Waals surface area contributed by atoms with Gasteiger partial charge in [-0.15, -0.1) is 0 Å². The number of hydrogen-bond acceptors (Lipinski definition) is 2. The maximum Gasteiger partial charge on any atom is 0.123 e. The summed E-state index contributed by atoms with van der Waals surface area (Å²) < 4.78 is 6.10. The molecular formula is C18H29NO. The first kappa shape index (κ1) is 15.4. The third-order valence-electron chi connectivity index (χ3n) is 3.97. The molecule has 0 unspecified atom stereocenters. The van der Waals surface area contributed by atoms with E-state index in [1.807, 2.05) is 0 Å². The molecule has 0 amide bonds. The number of ether oxygens (including phenoxy) is 1. The number of rotatable bonds is 5. The Hall–Kier alpha value is -1.02. The zero-order valence-corrected chi connectivity index (χ0v) is 13.5. The second-order valence-corrected chi connectivity index (χ2v) is 7.18. The summed E-state index contributed by atoms with van der Waals surface area (Å²) in [6.07, 6.45) is 5.42. The summed E-state index contributed by atoms with van der Waals surface area (Å²) in [6, 6.07) is 6.51. The minimum absolute atomic E-state index is 0.131. The van der Waals surface area contributed by atoms with Crippen LogP contribution in [0, 0.1) is 12.8 Å². The SMILES string of the molecule is Cc1ccc(OCC2CCCC2)c(CNC(C)(C)C)c1. The zero-order chi connectivity index (χ0) is 14.6. The average Bonchev–Trinajstić information content (AvgIpc) is 2.87. The van der Waals surface area contributed by atoms with E-state index in [1.165, 1.54) is 36.8 Å². The number of nitrogens with one attached hydrogen (secondary N) is 1. The summed E-state index contributed by atoms with van der Waals surface area (Å²) in [5.41, 5.74) is 2.70. The molecule has 2 rings (SSSR count). The summed E-state index contributed by atoms with van der Waals surface area (Å²) in [5, 5.41) is 3.55. The Morgan fingerprint density at radius 1 is 1.20 bits per heavy atom. The van der Waals surface area contributed by atoms with Crippen molar-refractivity contribution in [3.8, 4) is 5.75 Å². The first-order valence-corrected chi connectivity index (χ1v) is 7.91. The van der Waals surface area contributed by atoms with E-state index in [0.29, 0.717) is 0 Å². The Morgan fingerprint density at radius 2 is 1.90 bits per heavy atom. The van der Waals surface area contributed by atoms with Gasteiger partial charge in [0, 0.05) is 17.6 Å². The highest BCUT2D eigenvalue weighted by Crippen LogP contribution is 2.27. The van der Waals surface area contributed by atoms with Crippen LogP contribution in [-0.2, 0) is 6.54 Å². The van der Waals surface area contributed by atoms with Crippen LogP contribution in [0.3, 0.4) is 0 Å². The fourth-order valence-corrected chi connectivity index (χ4v) is 2.73. The van der Waals surface area contributed by atoms with Gasteiger partial charge in [-0.2, -0.15) is 0 Å². The summed E-state index contributed by atoms with van der Waals surface area (Å²) in [7, 11) is 0. The standard InChI is InChI=1S/C18H29NO/c1-14-9-10-17(20-13-15-7-5-6-8-15)16(11-14)12-19-18(2,3)4/h9-11,15,19H,5-8,12-13H2,1-4H3. The van der Waals surface area contributed by atoms with Crippen molar-refractivity contribution >= 4 is 0 Å². The molecule has 0 radical (unpaired) electrons. The predicted molar refractivity (Wildman–Crippen MR) is 85.2 cm³/mol. The van der Waals surface area contributed by atoms with Crippen molar-refractivity contribution in [1.82, 2.24) is 5.32 Å². The minimum atomic E-state index is 0.131. The van der Waals surface area contributed by atoms with E-state index in [9.17, 15) is 0 Å². The Balaban J connectivity index is 1.99. The van der Waals surface area contributed by atoms with E-state index >= 15 is 0 Å². The predicted octanol–water partition coefficient (Wildman–Crippen LogP) is 4.45. The highest BCUT2D eigenvalue weighted by atomic mass is 16.5. The monoisotopic (exact) mass is 275 g/mol. The number of aryl methyl sites for hydroxylation is 1. The van der Waals surface area contributed by atoms with Crippen LogP contribution in [0.1, 0.15) is 57.6 Å². The summed E-state index contributed by atoms with van der Waals surface area (Å²) in [6.45, 7) is 10.5. The second-order valence-electron chi connectivity index (χ2n) is 7.18. The van der Waals surface area contributed by atoms with Crippen LogP contribution < -0.4 is 10.1 Å². The molecule has 1 saturated carbocycles. The first-order chi connectivity index (χ1) is 9.44. The van der Waals surface area contributed by atoms with Crippen LogP contribution in [0.25, 0.3) is 0 Å². The lowest BCUT2D eigenvalue weighted by atomic mass is 10.1. The molecule has 2 heteroatoms. The molecule has 0 spiro atoms. The molecule has 0 bridgehead atoms. The van der Waals surface area contributed by atoms with Crippen molar-refractivity contribution in [2.45, 2.75) is 65.5 Å². The zero-order valence-electron chi connectivity index (χ0n) is 13.5. The van der Waals surface area contributed by atoms with Gasteiger partial charge in [-0.1, -0.05) is 30.5 Å². The first-order valence-electron chi connectivity index (χ1n) is 7.91. The lowest BCUT2D eigenvalue weighted by Gasteiger charge is -2.22. The van der Waals surface area contributed by atoms with Gasteiger partial charge in [-0.25, -0.2) is 0 Å². The minimum Gasteiger partial charge on any atom is -0.493 e. The van der Waals surface area contributed by atoms with Crippen molar-refractivity contribution in [2.75, 3.05) is 6.61 Å². The van der Waals surface area contributed by atoms with Crippen molar-refractivity contribution in [3.63, 3.8) is 0 Å². The molecule has 20 heavy (non-hydrogen) atoms. The van der Waals surface area contributed by atoms with E-state index in [-0.39, 0.29) is 5.54 Å². The van der Waals surface area contributed by atoms with Crippen molar-refractivity contribution < 1.29 is 4.74 Å². The molecule has 1 aliphatic rings. The van der Waals surface area contributed by atoms with Gasteiger partial charge < -0.3 is 10.1 Å². The molecule has 2 nitrogen and oxygen atoms in total. The molecule has 1 fully saturated rings. The number of benzene rings is 1. The van der Waals surface area contributed by atoms with Crippen molar-refractivity contribution in [3.05, 3.63) is 29.3 Å². The maximum atomic E-state index is 6.10. The third kappa shape index (κ3) is 4.82. The van der Waals surface area contributed by atoms with Gasteiger partial charge >= 0.3 is 0 Å². The summed E-state index contributed by atoms with van der Waals surface area (Å²) in [4.78, 5) is 0. The van der Waals surface area contributed by atoms with Gasteiger partial charge in [0.15, 0.2) is 0 Å². The van der Waals surface area contributed by atoms with Crippen LogP contribution in [0.15, 0.2) is 18.2 Å². The smallest absolute Gasteiger partial charge is 0.123 e. The van der Waals surface area contributed by atoms with E-state index in [0.717, 1.165) is 24.8 Å². The van der Waals surface area contributed by atoms with Gasteiger partial charge in [-0.3, -0.25) is 0 Å². The number of hydrogen-bond donors (Lipinski definition) is 1. The van der Waals surface area contributed by atoms with E-state index in [4.69, 9.17) is 4.74 Å². The Morgan fingerprint density at radius 3 is 2.55 bits per heavy atom. The molecule has 0 atom stereocenters. The van der Waals surface area contributed by atoms with Gasteiger partial charge in [-0.05, 0) is 52.5 Å². The highest BCUT2D eigenvalue weighted by molar-refractivity contribution is 5.37. The van der Waals surface area contributed by atoms with Crippen LogP contribution in [0.2, 0.25) is 0 Å². The quantitative estimate of drug-likeness (QED) is 0.857. The molecule has 0 saturated heterocycles. The largest absolute Gasteiger partial charge is 0.493 e. The normalized spacial score (nSPS) is 16.6. The molecule has 0 heterocycles. The molecular weight excluding hydrogens is 246 g/mol.